The molecule has 5 nitrogen and oxygen atoms in total. The van der Waals surface area contributed by atoms with Crippen molar-refractivity contribution in [3.8, 4) is 0 Å². The zero-order chi connectivity index (χ0) is 16.4. The molecule has 1 aromatic carbocycles. The molecule has 24 heavy (non-hydrogen) atoms. The van der Waals surface area contributed by atoms with Crippen molar-refractivity contribution in [1.29, 1.82) is 0 Å². The molecule has 1 N–H and O–H groups in total. The fourth-order valence-electron chi connectivity index (χ4n) is 3.74. The third-order valence-corrected chi connectivity index (χ3v) is 5.30. The Labute approximate surface area is 144 Å². The number of benzene rings is 1. The van der Waals surface area contributed by atoms with Crippen LogP contribution in [0.25, 0.3) is 0 Å². The van der Waals surface area contributed by atoms with Gasteiger partial charge >= 0.3 is 0 Å². The van der Waals surface area contributed by atoms with Crippen LogP contribution in [0.1, 0.15) is 25.7 Å². The summed E-state index contributed by atoms with van der Waals surface area (Å²) in [7, 11) is 0. The van der Waals surface area contributed by atoms with Gasteiger partial charge in [-0.1, -0.05) is 12.1 Å². The third-order valence-electron chi connectivity index (χ3n) is 5.30. The summed E-state index contributed by atoms with van der Waals surface area (Å²) in [5.74, 6) is 1.01. The van der Waals surface area contributed by atoms with E-state index in [0.717, 1.165) is 45.1 Å². The number of rotatable bonds is 5. The van der Waals surface area contributed by atoms with Gasteiger partial charge in [-0.2, -0.15) is 0 Å². The lowest BCUT2D eigenvalue weighted by Crippen LogP contribution is -2.48. The van der Waals surface area contributed by atoms with E-state index in [1.807, 2.05) is 0 Å². The number of amides is 1. The van der Waals surface area contributed by atoms with E-state index in [2.05, 4.69) is 39.4 Å². The molecule has 130 valence electrons. The Kier molecular flexibility index (Phi) is 4.60. The molecule has 4 rings (SSSR count). The average molecular weight is 329 g/mol. The normalized spacial score (nSPS) is 21.5. The average Bonchev–Trinajstić information content (AvgIpc) is 3.42. The maximum atomic E-state index is 12.5. The molecule has 1 saturated carbocycles. The molecule has 2 fully saturated rings. The van der Waals surface area contributed by atoms with Gasteiger partial charge in [0.1, 0.15) is 0 Å². The lowest BCUT2D eigenvalue weighted by Gasteiger charge is -2.39. The predicted octanol–water partition coefficient (Wildman–Crippen LogP) is 2.02. The minimum atomic E-state index is 0.132. The summed E-state index contributed by atoms with van der Waals surface area (Å²) in [6, 6.07) is 8.79. The molecule has 1 aliphatic carbocycles. The number of nitrogens with one attached hydrogen (secondary N) is 1. The maximum Gasteiger partial charge on any atom is 0.239 e. The summed E-state index contributed by atoms with van der Waals surface area (Å²) in [5, 5.41) is 3.18. The Bertz CT molecular complexity index is 582. The van der Waals surface area contributed by atoms with Gasteiger partial charge in [0.05, 0.1) is 17.9 Å². The Morgan fingerprint density at radius 3 is 2.42 bits per heavy atom. The maximum absolute atomic E-state index is 12.5. The van der Waals surface area contributed by atoms with Crippen molar-refractivity contribution >= 4 is 17.3 Å². The van der Waals surface area contributed by atoms with Crippen molar-refractivity contribution in [2.24, 2.45) is 5.92 Å². The van der Waals surface area contributed by atoms with Crippen LogP contribution >= 0.6 is 0 Å². The molecule has 1 saturated heterocycles. The van der Waals surface area contributed by atoms with Gasteiger partial charge in [0, 0.05) is 38.9 Å². The highest BCUT2D eigenvalue weighted by Crippen LogP contribution is 2.37. The number of anilines is 2. The number of hydrogen-bond donors (Lipinski definition) is 1. The van der Waals surface area contributed by atoms with E-state index in [1.165, 1.54) is 30.8 Å². The number of fused-ring (bicyclic) bond motifs is 1. The number of nitrogens with zero attached hydrogens (tertiary/aromatic N) is 2. The first-order valence-electron chi connectivity index (χ1n) is 9.25. The first-order chi connectivity index (χ1) is 11.8. The van der Waals surface area contributed by atoms with Crippen LogP contribution in [0.4, 0.5) is 11.4 Å². The molecule has 0 unspecified atom stereocenters. The zero-order valence-electron chi connectivity index (χ0n) is 14.2. The van der Waals surface area contributed by atoms with Gasteiger partial charge in [-0.25, -0.2) is 0 Å². The van der Waals surface area contributed by atoms with Gasteiger partial charge in [0.2, 0.25) is 5.91 Å². The molecule has 3 aliphatic rings. The lowest BCUT2D eigenvalue weighted by molar-refractivity contribution is -0.121. The van der Waals surface area contributed by atoms with Crippen LogP contribution in [-0.4, -0.2) is 51.3 Å². The van der Waals surface area contributed by atoms with Gasteiger partial charge in [0.25, 0.3) is 0 Å². The summed E-state index contributed by atoms with van der Waals surface area (Å²) < 4.78 is 5.36. The Balaban J connectivity index is 1.40. The van der Waals surface area contributed by atoms with Crippen molar-refractivity contribution in [1.82, 2.24) is 5.32 Å². The van der Waals surface area contributed by atoms with Gasteiger partial charge in [-0.3, -0.25) is 4.79 Å². The number of ether oxygens (including phenoxy) is 1. The van der Waals surface area contributed by atoms with Gasteiger partial charge in [0.15, 0.2) is 0 Å². The second-order valence-corrected chi connectivity index (χ2v) is 7.25. The van der Waals surface area contributed by atoms with E-state index in [1.54, 1.807) is 0 Å². The highest BCUT2D eigenvalue weighted by molar-refractivity contribution is 5.84. The van der Waals surface area contributed by atoms with Crippen LogP contribution in [0.5, 0.6) is 0 Å². The quantitative estimate of drug-likeness (QED) is 0.898. The number of hydrogen-bond acceptors (Lipinski definition) is 4. The number of carbonyl (C=O) groups is 1. The molecule has 0 spiro atoms. The number of para-hydroxylation sites is 2. The zero-order valence-corrected chi connectivity index (χ0v) is 14.2. The van der Waals surface area contributed by atoms with E-state index in [9.17, 15) is 4.79 Å². The second kappa shape index (κ2) is 7.01. The second-order valence-electron chi connectivity index (χ2n) is 7.25. The van der Waals surface area contributed by atoms with E-state index in [0.29, 0.717) is 6.54 Å². The summed E-state index contributed by atoms with van der Waals surface area (Å²) in [4.78, 5) is 17.2. The van der Waals surface area contributed by atoms with Crippen molar-refractivity contribution in [3.05, 3.63) is 24.3 Å². The molecule has 5 heteroatoms. The molecule has 0 radical (unpaired) electrons. The highest BCUT2D eigenvalue weighted by atomic mass is 16.5. The monoisotopic (exact) mass is 329 g/mol. The molecule has 0 atom stereocenters. The van der Waals surface area contributed by atoms with E-state index in [-0.39, 0.29) is 11.9 Å². The molecule has 0 bridgehead atoms. The van der Waals surface area contributed by atoms with E-state index >= 15 is 0 Å². The van der Waals surface area contributed by atoms with Gasteiger partial charge in [-0.15, -0.1) is 0 Å². The van der Waals surface area contributed by atoms with Crippen LogP contribution in [0, 0.1) is 5.92 Å². The van der Waals surface area contributed by atoms with Crippen LogP contribution in [-0.2, 0) is 9.53 Å². The molecule has 1 aromatic rings. The van der Waals surface area contributed by atoms with Crippen molar-refractivity contribution < 1.29 is 9.53 Å². The highest BCUT2D eigenvalue weighted by Gasteiger charge is 2.29. The number of carbonyl (C=O) groups excluding carboxylic acids is 1. The molecular weight excluding hydrogens is 302 g/mol. The molecule has 0 aromatic heterocycles. The van der Waals surface area contributed by atoms with Crippen molar-refractivity contribution in [3.63, 3.8) is 0 Å². The SMILES string of the molecule is O=C(CN1CCN(CC2CC2)c2ccccc21)NC1CCOCC1. The smallest absolute Gasteiger partial charge is 0.239 e. The lowest BCUT2D eigenvalue weighted by atomic mass is 10.1. The minimum absolute atomic E-state index is 0.132. The van der Waals surface area contributed by atoms with Crippen molar-refractivity contribution in [2.75, 3.05) is 49.2 Å². The van der Waals surface area contributed by atoms with Crippen LogP contribution < -0.4 is 15.1 Å². The fraction of sp³-hybridized carbons (Fsp3) is 0.632. The molecule has 1 amide bonds. The Morgan fingerprint density at radius 1 is 1.04 bits per heavy atom. The Morgan fingerprint density at radius 2 is 1.71 bits per heavy atom. The summed E-state index contributed by atoms with van der Waals surface area (Å²) in [5.41, 5.74) is 2.49. The summed E-state index contributed by atoms with van der Waals surface area (Å²) in [6.45, 7) is 5.06. The van der Waals surface area contributed by atoms with Gasteiger partial charge < -0.3 is 19.9 Å². The van der Waals surface area contributed by atoms with E-state index in [4.69, 9.17) is 4.74 Å². The standard InChI is InChI=1S/C19H27N3O2/c23-19(20-16-7-11-24-12-8-16)14-22-10-9-21(13-15-5-6-15)17-3-1-2-4-18(17)22/h1-4,15-16H,5-14H2,(H,20,23). The first-order valence-corrected chi connectivity index (χ1v) is 9.25. The third kappa shape index (κ3) is 3.66. The summed E-state index contributed by atoms with van der Waals surface area (Å²) in [6.07, 6.45) is 4.60. The first kappa shape index (κ1) is 15.8. The largest absolute Gasteiger partial charge is 0.381 e. The molecular formula is C19H27N3O2. The van der Waals surface area contributed by atoms with E-state index < -0.39 is 0 Å². The molecule has 2 aliphatic heterocycles. The topological polar surface area (TPSA) is 44.8 Å². The van der Waals surface area contributed by atoms with Crippen molar-refractivity contribution in [2.45, 2.75) is 31.7 Å². The molecule has 2 heterocycles. The van der Waals surface area contributed by atoms with Crippen LogP contribution in [0.3, 0.4) is 0 Å². The Hall–Kier alpha value is -1.75. The van der Waals surface area contributed by atoms with Crippen LogP contribution in [0.15, 0.2) is 24.3 Å². The fourth-order valence-corrected chi connectivity index (χ4v) is 3.74. The van der Waals surface area contributed by atoms with Crippen LogP contribution in [0.2, 0.25) is 0 Å². The predicted molar refractivity (Wildman–Crippen MR) is 95.6 cm³/mol. The minimum Gasteiger partial charge on any atom is -0.381 e. The summed E-state index contributed by atoms with van der Waals surface area (Å²) >= 11 is 0. The van der Waals surface area contributed by atoms with Gasteiger partial charge in [-0.05, 0) is 43.7 Å².